The van der Waals surface area contributed by atoms with Crippen molar-refractivity contribution in [1.29, 1.82) is 0 Å². The monoisotopic (exact) mass is 460 g/mol. The maximum Gasteiger partial charge on any atom is 0.320 e. The zero-order chi connectivity index (χ0) is 24.1. The molecule has 0 spiro atoms. The van der Waals surface area contributed by atoms with Gasteiger partial charge in [0, 0.05) is 26.3 Å². The lowest BCUT2D eigenvalue weighted by Crippen LogP contribution is -2.39. The molecule has 0 aliphatic carbocycles. The predicted molar refractivity (Wildman–Crippen MR) is 134 cm³/mol. The highest BCUT2D eigenvalue weighted by Gasteiger charge is 2.37. The smallest absolute Gasteiger partial charge is 0.320 e. The van der Waals surface area contributed by atoms with Crippen LogP contribution in [0.4, 0.5) is 5.69 Å². The lowest BCUT2D eigenvalue weighted by atomic mass is 9.95. The highest BCUT2D eigenvalue weighted by Crippen LogP contribution is 2.39. The SMILES string of the molecule is COc1cc(C(c2ccc(N(C)C)cc2)N2CCCC2C(=O)O)ccc1OCc1ccccc1. The van der Waals surface area contributed by atoms with Crippen molar-refractivity contribution in [3.05, 3.63) is 89.5 Å². The van der Waals surface area contributed by atoms with Crippen molar-refractivity contribution < 1.29 is 19.4 Å². The summed E-state index contributed by atoms with van der Waals surface area (Å²) < 4.78 is 11.7. The van der Waals surface area contributed by atoms with E-state index >= 15 is 0 Å². The average Bonchev–Trinajstić information content (AvgIpc) is 3.34. The van der Waals surface area contributed by atoms with Crippen LogP contribution in [0.2, 0.25) is 0 Å². The van der Waals surface area contributed by atoms with Crippen molar-refractivity contribution >= 4 is 11.7 Å². The number of likely N-dealkylation sites (tertiary alicyclic amines) is 1. The minimum atomic E-state index is -0.776. The fraction of sp³-hybridized carbons (Fsp3) is 0.321. The van der Waals surface area contributed by atoms with Crippen LogP contribution < -0.4 is 14.4 Å². The van der Waals surface area contributed by atoms with E-state index in [9.17, 15) is 9.90 Å². The summed E-state index contributed by atoms with van der Waals surface area (Å²) in [5, 5.41) is 9.87. The largest absolute Gasteiger partial charge is 0.493 e. The van der Waals surface area contributed by atoms with E-state index in [4.69, 9.17) is 9.47 Å². The zero-order valence-electron chi connectivity index (χ0n) is 20.0. The van der Waals surface area contributed by atoms with Gasteiger partial charge in [0.15, 0.2) is 11.5 Å². The zero-order valence-corrected chi connectivity index (χ0v) is 20.0. The Labute approximate surface area is 201 Å². The number of hydrogen-bond acceptors (Lipinski definition) is 5. The molecule has 1 aliphatic rings. The highest BCUT2D eigenvalue weighted by molar-refractivity contribution is 5.74. The quantitative estimate of drug-likeness (QED) is 0.486. The first-order chi connectivity index (χ1) is 16.5. The molecule has 6 nitrogen and oxygen atoms in total. The molecule has 0 bridgehead atoms. The summed E-state index contributed by atoms with van der Waals surface area (Å²) in [6.45, 7) is 1.17. The second-order valence-electron chi connectivity index (χ2n) is 8.81. The Hall–Kier alpha value is -3.51. The molecule has 3 aromatic rings. The fourth-order valence-electron chi connectivity index (χ4n) is 4.60. The van der Waals surface area contributed by atoms with Crippen LogP contribution in [-0.4, -0.2) is 49.8 Å². The van der Waals surface area contributed by atoms with Gasteiger partial charge in [-0.05, 0) is 53.8 Å². The minimum Gasteiger partial charge on any atom is -0.493 e. The van der Waals surface area contributed by atoms with Crippen LogP contribution in [-0.2, 0) is 11.4 Å². The van der Waals surface area contributed by atoms with Crippen LogP contribution in [0.3, 0.4) is 0 Å². The molecule has 1 fully saturated rings. The molecule has 0 amide bonds. The van der Waals surface area contributed by atoms with Gasteiger partial charge in [-0.2, -0.15) is 0 Å². The average molecular weight is 461 g/mol. The second kappa shape index (κ2) is 10.6. The number of ether oxygens (including phenoxy) is 2. The molecular weight excluding hydrogens is 428 g/mol. The van der Waals surface area contributed by atoms with Crippen LogP contribution in [0, 0.1) is 0 Å². The van der Waals surface area contributed by atoms with Gasteiger partial charge in [0.05, 0.1) is 13.2 Å². The van der Waals surface area contributed by atoms with Crippen molar-refractivity contribution in [3.8, 4) is 11.5 Å². The van der Waals surface area contributed by atoms with E-state index in [1.807, 2.05) is 62.6 Å². The Morgan fingerprint density at radius 1 is 1.03 bits per heavy atom. The van der Waals surface area contributed by atoms with Gasteiger partial charge in [-0.25, -0.2) is 0 Å². The molecule has 34 heavy (non-hydrogen) atoms. The van der Waals surface area contributed by atoms with Gasteiger partial charge in [-0.15, -0.1) is 0 Å². The van der Waals surface area contributed by atoms with E-state index in [1.165, 1.54) is 0 Å². The van der Waals surface area contributed by atoms with E-state index in [2.05, 4.69) is 34.1 Å². The van der Waals surface area contributed by atoms with Crippen molar-refractivity contribution in [2.75, 3.05) is 32.6 Å². The molecule has 1 N–H and O–H groups in total. The maximum atomic E-state index is 12.0. The summed E-state index contributed by atoms with van der Waals surface area (Å²) in [4.78, 5) is 16.2. The molecule has 0 radical (unpaired) electrons. The molecule has 6 heteroatoms. The fourth-order valence-corrected chi connectivity index (χ4v) is 4.60. The molecule has 3 aromatic carbocycles. The summed E-state index contributed by atoms with van der Waals surface area (Å²) in [6.07, 6.45) is 1.51. The molecular formula is C28H32N2O4. The van der Waals surface area contributed by atoms with Crippen molar-refractivity contribution in [1.82, 2.24) is 4.90 Å². The van der Waals surface area contributed by atoms with E-state index in [0.717, 1.165) is 35.3 Å². The van der Waals surface area contributed by atoms with Gasteiger partial charge in [-0.3, -0.25) is 9.69 Å². The van der Waals surface area contributed by atoms with Crippen LogP contribution in [0.5, 0.6) is 11.5 Å². The van der Waals surface area contributed by atoms with Crippen LogP contribution in [0.15, 0.2) is 72.8 Å². The van der Waals surface area contributed by atoms with Gasteiger partial charge in [0.25, 0.3) is 0 Å². The first-order valence-electron chi connectivity index (χ1n) is 11.6. The minimum absolute atomic E-state index is 0.197. The van der Waals surface area contributed by atoms with Crippen LogP contribution >= 0.6 is 0 Å². The van der Waals surface area contributed by atoms with Crippen molar-refractivity contribution in [2.24, 2.45) is 0 Å². The van der Waals surface area contributed by atoms with E-state index in [0.29, 0.717) is 24.5 Å². The van der Waals surface area contributed by atoms with Crippen LogP contribution in [0.1, 0.15) is 35.6 Å². The number of carboxylic acids is 1. The first kappa shape index (κ1) is 23.6. The number of methoxy groups -OCH3 is 1. The number of rotatable bonds is 9. The summed E-state index contributed by atoms with van der Waals surface area (Å²) >= 11 is 0. The Bertz CT molecular complexity index is 1100. The summed E-state index contributed by atoms with van der Waals surface area (Å²) in [6, 6.07) is 23.5. The topological polar surface area (TPSA) is 62.2 Å². The summed E-state index contributed by atoms with van der Waals surface area (Å²) in [7, 11) is 5.64. The number of anilines is 1. The third kappa shape index (κ3) is 5.18. The lowest BCUT2D eigenvalue weighted by Gasteiger charge is -2.32. The standard InChI is InChI=1S/C28H32N2O4/c1-29(2)23-14-11-21(12-15-23)27(30-17-7-10-24(30)28(31)32)22-13-16-25(26(18-22)33-3)34-19-20-8-5-4-6-9-20/h4-6,8-9,11-16,18,24,27H,7,10,17,19H2,1-3H3,(H,31,32). The van der Waals surface area contributed by atoms with E-state index in [-0.39, 0.29) is 6.04 Å². The molecule has 1 saturated heterocycles. The molecule has 0 aromatic heterocycles. The Morgan fingerprint density at radius 3 is 2.38 bits per heavy atom. The number of carboxylic acid groups (broad SMARTS) is 1. The van der Waals surface area contributed by atoms with Gasteiger partial charge >= 0.3 is 5.97 Å². The normalized spacial score (nSPS) is 16.7. The third-order valence-electron chi connectivity index (χ3n) is 6.38. The molecule has 4 rings (SSSR count). The number of carbonyl (C=O) groups is 1. The number of hydrogen-bond donors (Lipinski definition) is 1. The molecule has 2 unspecified atom stereocenters. The summed E-state index contributed by atoms with van der Waals surface area (Å²) in [5.41, 5.74) is 4.21. The van der Waals surface area contributed by atoms with Crippen molar-refractivity contribution in [2.45, 2.75) is 31.5 Å². The van der Waals surface area contributed by atoms with Crippen LogP contribution in [0.25, 0.3) is 0 Å². The molecule has 178 valence electrons. The summed E-state index contributed by atoms with van der Waals surface area (Å²) in [5.74, 6) is 0.518. The Morgan fingerprint density at radius 2 is 1.74 bits per heavy atom. The van der Waals surface area contributed by atoms with Gasteiger partial charge in [-0.1, -0.05) is 48.5 Å². The Balaban J connectivity index is 1.68. The van der Waals surface area contributed by atoms with Crippen molar-refractivity contribution in [3.63, 3.8) is 0 Å². The molecule has 1 aliphatic heterocycles. The third-order valence-corrected chi connectivity index (χ3v) is 6.38. The predicted octanol–water partition coefficient (Wildman–Crippen LogP) is 4.98. The molecule has 2 atom stereocenters. The highest BCUT2D eigenvalue weighted by atomic mass is 16.5. The maximum absolute atomic E-state index is 12.0. The molecule has 0 saturated carbocycles. The van der Waals surface area contributed by atoms with Gasteiger partial charge in [0.2, 0.25) is 0 Å². The van der Waals surface area contributed by atoms with Gasteiger partial charge < -0.3 is 19.5 Å². The molecule has 1 heterocycles. The van der Waals surface area contributed by atoms with E-state index < -0.39 is 12.0 Å². The number of aliphatic carboxylic acids is 1. The number of nitrogens with zero attached hydrogens (tertiary/aromatic N) is 2. The number of benzene rings is 3. The lowest BCUT2D eigenvalue weighted by molar-refractivity contribution is -0.142. The first-order valence-corrected chi connectivity index (χ1v) is 11.6. The second-order valence-corrected chi connectivity index (χ2v) is 8.81. The Kier molecular flexibility index (Phi) is 7.38. The van der Waals surface area contributed by atoms with E-state index in [1.54, 1.807) is 7.11 Å². The van der Waals surface area contributed by atoms with Gasteiger partial charge in [0.1, 0.15) is 12.6 Å².